The lowest BCUT2D eigenvalue weighted by atomic mass is 10.2. The van der Waals surface area contributed by atoms with Crippen LogP contribution in [0.5, 0.6) is 11.5 Å². The van der Waals surface area contributed by atoms with Gasteiger partial charge in [-0.25, -0.2) is 9.97 Å². The Morgan fingerprint density at radius 3 is 2.45 bits per heavy atom. The normalized spacial score (nSPS) is 10.8. The summed E-state index contributed by atoms with van der Waals surface area (Å²) in [7, 11) is 3.04. The highest BCUT2D eigenvalue weighted by Crippen LogP contribution is 2.31. The number of hydrogen-bond donors (Lipinski definition) is 2. The fourth-order valence-corrected chi connectivity index (χ4v) is 5.59. The van der Waals surface area contributed by atoms with Crippen molar-refractivity contribution in [1.29, 1.82) is 0 Å². The Morgan fingerprint density at radius 1 is 0.895 bits per heavy atom. The number of ether oxygens (including phenoxy) is 2. The lowest BCUT2D eigenvalue weighted by Crippen LogP contribution is -2.15. The smallest absolute Gasteiger partial charge is 0.257 e. The van der Waals surface area contributed by atoms with Crippen molar-refractivity contribution in [2.24, 2.45) is 0 Å². The number of thiazole rings is 2. The van der Waals surface area contributed by atoms with E-state index in [0.29, 0.717) is 33.6 Å². The number of carbonyl (C=O) groups excluding carboxylic acids is 2. The van der Waals surface area contributed by atoms with Crippen LogP contribution in [0.1, 0.15) is 21.6 Å². The molecule has 2 amide bonds. The Labute approximate surface area is 227 Å². The number of nitrogens with zero attached hydrogens (tertiary/aromatic N) is 2. The van der Waals surface area contributed by atoms with Gasteiger partial charge in [0.1, 0.15) is 5.01 Å². The standard InChI is InChI=1S/C28H24N4O4S2/c1-16-4-10-21-24(12-16)38-27(31-21)17-5-8-19(9-6-17)29-25(33)14-20-15-37-28(30-20)32-26(34)18-7-11-22(35-2)23(13-18)36-3/h4-13,15H,14H2,1-3H3,(H,29,33)(H,30,32,34). The molecule has 0 radical (unpaired) electrons. The molecule has 38 heavy (non-hydrogen) atoms. The largest absolute Gasteiger partial charge is 0.493 e. The molecule has 5 aromatic rings. The van der Waals surface area contributed by atoms with Crippen LogP contribution in [0.15, 0.2) is 66.0 Å². The second-order valence-corrected chi connectivity index (χ2v) is 10.3. The van der Waals surface area contributed by atoms with E-state index in [4.69, 9.17) is 14.5 Å². The molecule has 0 bridgehead atoms. The van der Waals surface area contributed by atoms with Crippen LogP contribution in [0.4, 0.5) is 10.8 Å². The highest BCUT2D eigenvalue weighted by molar-refractivity contribution is 7.21. The number of benzene rings is 3. The number of nitrogens with one attached hydrogen (secondary N) is 2. The maximum atomic E-state index is 12.6. The van der Waals surface area contributed by atoms with Crippen molar-refractivity contribution < 1.29 is 19.1 Å². The molecule has 0 unspecified atom stereocenters. The molecule has 0 saturated carbocycles. The predicted octanol–water partition coefficient (Wildman–Crippen LogP) is 6.18. The van der Waals surface area contributed by atoms with Crippen molar-refractivity contribution in [3.63, 3.8) is 0 Å². The van der Waals surface area contributed by atoms with E-state index < -0.39 is 0 Å². The van der Waals surface area contributed by atoms with E-state index in [1.807, 2.05) is 30.3 Å². The van der Waals surface area contributed by atoms with Crippen LogP contribution in [0, 0.1) is 6.92 Å². The number of aromatic nitrogens is 2. The van der Waals surface area contributed by atoms with Crippen LogP contribution in [-0.4, -0.2) is 36.0 Å². The molecule has 2 aromatic heterocycles. The van der Waals surface area contributed by atoms with Gasteiger partial charge in [0.05, 0.1) is 36.6 Å². The third kappa shape index (κ3) is 5.66. The zero-order valence-corrected chi connectivity index (χ0v) is 22.5. The van der Waals surface area contributed by atoms with Gasteiger partial charge >= 0.3 is 0 Å². The molecule has 0 fully saturated rings. The maximum Gasteiger partial charge on any atom is 0.257 e. The summed E-state index contributed by atoms with van der Waals surface area (Å²) in [4.78, 5) is 34.3. The molecular formula is C28H24N4O4S2. The quantitative estimate of drug-likeness (QED) is 0.242. The second-order valence-electron chi connectivity index (χ2n) is 8.46. The Bertz CT molecular complexity index is 1630. The van der Waals surface area contributed by atoms with E-state index in [2.05, 4.69) is 34.7 Å². The molecule has 0 spiro atoms. The number of fused-ring (bicyclic) bond motifs is 1. The minimum absolute atomic E-state index is 0.0850. The Hall–Kier alpha value is -4.28. The summed E-state index contributed by atoms with van der Waals surface area (Å²) in [6.07, 6.45) is 0.0850. The average molecular weight is 545 g/mol. The van der Waals surface area contributed by atoms with Crippen molar-refractivity contribution in [3.05, 3.63) is 82.9 Å². The maximum absolute atomic E-state index is 12.6. The molecule has 192 valence electrons. The van der Waals surface area contributed by atoms with Crippen molar-refractivity contribution in [1.82, 2.24) is 9.97 Å². The van der Waals surface area contributed by atoms with E-state index in [-0.39, 0.29) is 18.2 Å². The summed E-state index contributed by atoms with van der Waals surface area (Å²) in [5, 5.41) is 8.75. The third-order valence-electron chi connectivity index (χ3n) is 5.72. The monoisotopic (exact) mass is 544 g/mol. The van der Waals surface area contributed by atoms with Crippen molar-refractivity contribution in [2.75, 3.05) is 24.9 Å². The summed E-state index contributed by atoms with van der Waals surface area (Å²) in [5.41, 5.74) is 4.84. The molecule has 10 heteroatoms. The van der Waals surface area contributed by atoms with E-state index in [1.54, 1.807) is 34.9 Å². The average Bonchev–Trinajstić information content (AvgIpc) is 3.54. The SMILES string of the molecule is COc1ccc(C(=O)Nc2nc(CC(=O)Nc3ccc(-c4nc5ccc(C)cc5s4)cc3)cs2)cc1OC. The number of aryl methyl sites for hydroxylation is 1. The molecule has 0 aliphatic rings. The van der Waals surface area contributed by atoms with Gasteiger partial charge in [-0.2, -0.15) is 0 Å². The first-order chi connectivity index (χ1) is 18.4. The zero-order chi connectivity index (χ0) is 26.6. The van der Waals surface area contributed by atoms with Gasteiger partial charge in [0, 0.05) is 22.2 Å². The minimum Gasteiger partial charge on any atom is -0.493 e. The Morgan fingerprint density at radius 2 is 1.68 bits per heavy atom. The molecule has 0 aliphatic heterocycles. The van der Waals surface area contributed by atoms with Crippen LogP contribution in [0.3, 0.4) is 0 Å². The lowest BCUT2D eigenvalue weighted by molar-refractivity contribution is -0.115. The molecule has 0 saturated heterocycles. The van der Waals surface area contributed by atoms with Gasteiger partial charge in [-0.1, -0.05) is 6.07 Å². The summed E-state index contributed by atoms with van der Waals surface area (Å²) >= 11 is 2.90. The molecule has 2 heterocycles. The third-order valence-corrected chi connectivity index (χ3v) is 7.59. The Kier molecular flexibility index (Phi) is 7.34. The first-order valence-corrected chi connectivity index (χ1v) is 13.4. The van der Waals surface area contributed by atoms with Crippen LogP contribution < -0.4 is 20.1 Å². The van der Waals surface area contributed by atoms with Gasteiger partial charge in [0.15, 0.2) is 16.6 Å². The molecule has 8 nitrogen and oxygen atoms in total. The fraction of sp³-hybridized carbons (Fsp3) is 0.143. The molecule has 5 rings (SSSR count). The van der Waals surface area contributed by atoms with Crippen LogP contribution >= 0.6 is 22.7 Å². The summed E-state index contributed by atoms with van der Waals surface area (Å²) in [5.74, 6) is 0.462. The fourth-order valence-electron chi connectivity index (χ4n) is 3.81. The number of anilines is 2. The van der Waals surface area contributed by atoms with Crippen LogP contribution in [-0.2, 0) is 11.2 Å². The molecule has 2 N–H and O–H groups in total. The topological polar surface area (TPSA) is 102 Å². The van der Waals surface area contributed by atoms with E-state index in [1.165, 1.54) is 31.1 Å². The van der Waals surface area contributed by atoms with E-state index in [9.17, 15) is 9.59 Å². The van der Waals surface area contributed by atoms with E-state index in [0.717, 1.165) is 20.8 Å². The first kappa shape index (κ1) is 25.4. The number of amides is 2. The Balaban J connectivity index is 1.18. The summed E-state index contributed by atoms with van der Waals surface area (Å²) < 4.78 is 11.6. The highest BCUT2D eigenvalue weighted by Gasteiger charge is 2.14. The van der Waals surface area contributed by atoms with Gasteiger partial charge < -0.3 is 14.8 Å². The van der Waals surface area contributed by atoms with Gasteiger partial charge in [-0.3, -0.25) is 14.9 Å². The molecular weight excluding hydrogens is 520 g/mol. The first-order valence-electron chi connectivity index (χ1n) is 11.7. The van der Waals surface area contributed by atoms with Crippen molar-refractivity contribution in [2.45, 2.75) is 13.3 Å². The predicted molar refractivity (Wildman–Crippen MR) is 152 cm³/mol. The zero-order valence-electron chi connectivity index (χ0n) is 20.9. The van der Waals surface area contributed by atoms with Crippen LogP contribution in [0.2, 0.25) is 0 Å². The second kappa shape index (κ2) is 11.0. The minimum atomic E-state index is -0.334. The summed E-state index contributed by atoms with van der Waals surface area (Å²) in [6, 6.07) is 18.7. The number of carbonyl (C=O) groups is 2. The van der Waals surface area contributed by atoms with Gasteiger partial charge in [0.2, 0.25) is 5.91 Å². The lowest BCUT2D eigenvalue weighted by Gasteiger charge is -2.09. The molecule has 0 atom stereocenters. The number of methoxy groups -OCH3 is 2. The van der Waals surface area contributed by atoms with Crippen LogP contribution in [0.25, 0.3) is 20.8 Å². The molecule has 3 aromatic carbocycles. The molecule has 0 aliphatic carbocycles. The van der Waals surface area contributed by atoms with Gasteiger partial charge in [-0.15, -0.1) is 22.7 Å². The van der Waals surface area contributed by atoms with Crippen molar-refractivity contribution >= 4 is 55.5 Å². The van der Waals surface area contributed by atoms with Crippen molar-refractivity contribution in [3.8, 4) is 22.1 Å². The highest BCUT2D eigenvalue weighted by atomic mass is 32.1. The van der Waals surface area contributed by atoms with E-state index >= 15 is 0 Å². The van der Waals surface area contributed by atoms with Gasteiger partial charge in [0.25, 0.3) is 5.91 Å². The van der Waals surface area contributed by atoms with Gasteiger partial charge in [-0.05, 0) is 67.1 Å². The number of hydrogen-bond acceptors (Lipinski definition) is 8. The number of rotatable bonds is 8. The summed E-state index contributed by atoms with van der Waals surface area (Å²) in [6.45, 7) is 2.07.